The lowest BCUT2D eigenvalue weighted by molar-refractivity contribution is 0.0544. The van der Waals surface area contributed by atoms with Crippen molar-refractivity contribution in [2.75, 3.05) is 19.1 Å². The predicted molar refractivity (Wildman–Crippen MR) is 33.2 cm³/mol. The summed E-state index contributed by atoms with van der Waals surface area (Å²) >= 11 is 5.26. The van der Waals surface area contributed by atoms with Crippen molar-refractivity contribution in [3.05, 3.63) is 0 Å². The van der Waals surface area contributed by atoms with Crippen molar-refractivity contribution in [2.24, 2.45) is 0 Å². The van der Waals surface area contributed by atoms with Crippen molar-refractivity contribution in [2.45, 2.75) is 13.0 Å². The van der Waals surface area contributed by atoms with Crippen molar-refractivity contribution < 1.29 is 9.84 Å². The average molecular weight is 139 g/mol. The molecule has 0 amide bonds. The number of rotatable bonds is 4. The minimum Gasteiger partial charge on any atom is -0.389 e. The molecule has 0 heterocycles. The van der Waals surface area contributed by atoms with E-state index in [4.69, 9.17) is 21.4 Å². The fourth-order valence-electron chi connectivity index (χ4n) is 0.298. The van der Waals surface area contributed by atoms with Crippen LogP contribution in [0.2, 0.25) is 0 Å². The van der Waals surface area contributed by atoms with Gasteiger partial charge in [-0.05, 0) is 6.92 Å². The number of alkyl halides is 1. The maximum absolute atomic E-state index is 8.73. The topological polar surface area (TPSA) is 29.5 Å². The Kier molecular flexibility index (Phi) is 5.49. The summed E-state index contributed by atoms with van der Waals surface area (Å²) in [5.41, 5.74) is 0. The lowest BCUT2D eigenvalue weighted by atomic mass is 10.4. The molecule has 50 valence electrons. The van der Waals surface area contributed by atoms with E-state index in [-0.39, 0.29) is 5.88 Å². The van der Waals surface area contributed by atoms with Crippen LogP contribution < -0.4 is 0 Å². The maximum atomic E-state index is 8.73. The van der Waals surface area contributed by atoms with Gasteiger partial charge in [0.25, 0.3) is 0 Å². The largest absolute Gasteiger partial charge is 0.389 e. The van der Waals surface area contributed by atoms with Crippen LogP contribution in [0.3, 0.4) is 0 Å². The monoisotopic (exact) mass is 138 g/mol. The zero-order chi connectivity index (χ0) is 6.41. The lowest BCUT2D eigenvalue weighted by Gasteiger charge is -2.04. The highest BCUT2D eigenvalue weighted by atomic mass is 35.5. The van der Waals surface area contributed by atoms with E-state index < -0.39 is 6.10 Å². The van der Waals surface area contributed by atoms with Gasteiger partial charge >= 0.3 is 0 Å². The highest BCUT2D eigenvalue weighted by Gasteiger charge is 1.98. The number of aliphatic hydroxyl groups excluding tert-OH is 1. The summed E-state index contributed by atoms with van der Waals surface area (Å²) in [5.74, 6) is 0.250. The zero-order valence-corrected chi connectivity index (χ0v) is 5.69. The third-order valence-electron chi connectivity index (χ3n) is 0.692. The van der Waals surface area contributed by atoms with Crippen LogP contribution in [0, 0.1) is 0 Å². The second-order valence-electron chi connectivity index (χ2n) is 1.47. The number of aliphatic hydroxyl groups is 1. The van der Waals surface area contributed by atoms with E-state index in [1.54, 1.807) is 0 Å². The van der Waals surface area contributed by atoms with Crippen LogP contribution >= 0.6 is 11.6 Å². The molecule has 0 aliphatic rings. The Labute approximate surface area is 54.4 Å². The Morgan fingerprint density at radius 1 is 1.75 bits per heavy atom. The van der Waals surface area contributed by atoms with E-state index in [0.29, 0.717) is 13.2 Å². The summed E-state index contributed by atoms with van der Waals surface area (Å²) in [6, 6.07) is 0. The first-order chi connectivity index (χ1) is 3.81. The molecule has 0 aliphatic heterocycles. The van der Waals surface area contributed by atoms with Gasteiger partial charge in [-0.25, -0.2) is 0 Å². The van der Waals surface area contributed by atoms with Gasteiger partial charge in [-0.1, -0.05) is 0 Å². The van der Waals surface area contributed by atoms with Crippen LogP contribution in [-0.4, -0.2) is 30.3 Å². The van der Waals surface area contributed by atoms with Crippen LogP contribution in [0.4, 0.5) is 0 Å². The van der Waals surface area contributed by atoms with Gasteiger partial charge in [-0.2, -0.15) is 0 Å². The zero-order valence-electron chi connectivity index (χ0n) is 4.93. The molecule has 1 N–H and O–H groups in total. The number of hydrogen-bond donors (Lipinski definition) is 1. The van der Waals surface area contributed by atoms with Gasteiger partial charge < -0.3 is 9.84 Å². The third kappa shape index (κ3) is 4.37. The highest BCUT2D eigenvalue weighted by Crippen LogP contribution is 1.87. The highest BCUT2D eigenvalue weighted by molar-refractivity contribution is 6.18. The Hall–Kier alpha value is 0.210. The molecule has 0 bridgehead atoms. The molecule has 2 nitrogen and oxygen atoms in total. The van der Waals surface area contributed by atoms with Crippen molar-refractivity contribution in [3.8, 4) is 0 Å². The van der Waals surface area contributed by atoms with E-state index in [1.807, 2.05) is 6.92 Å². The van der Waals surface area contributed by atoms with Crippen LogP contribution in [0.15, 0.2) is 0 Å². The molecule has 3 heteroatoms. The van der Waals surface area contributed by atoms with Crippen LogP contribution in [-0.2, 0) is 4.74 Å². The number of hydrogen-bond acceptors (Lipinski definition) is 2. The molecule has 0 aromatic carbocycles. The van der Waals surface area contributed by atoms with E-state index in [0.717, 1.165) is 0 Å². The van der Waals surface area contributed by atoms with Gasteiger partial charge in [0.15, 0.2) is 0 Å². The second kappa shape index (κ2) is 5.35. The first-order valence-electron chi connectivity index (χ1n) is 2.63. The normalized spacial score (nSPS) is 13.9. The second-order valence-corrected chi connectivity index (χ2v) is 1.78. The Bertz CT molecular complexity index is 49.7. The Balaban J connectivity index is 2.86. The SMILES string of the molecule is CCOC[C@@H](O)CCl. The fraction of sp³-hybridized carbons (Fsp3) is 1.00. The van der Waals surface area contributed by atoms with Crippen molar-refractivity contribution in [1.82, 2.24) is 0 Å². The van der Waals surface area contributed by atoms with Crippen molar-refractivity contribution >= 4 is 11.6 Å². The van der Waals surface area contributed by atoms with E-state index in [1.165, 1.54) is 0 Å². The van der Waals surface area contributed by atoms with Crippen molar-refractivity contribution in [1.29, 1.82) is 0 Å². The van der Waals surface area contributed by atoms with Gasteiger partial charge in [-0.3, -0.25) is 0 Å². The van der Waals surface area contributed by atoms with E-state index in [9.17, 15) is 0 Å². The Morgan fingerprint density at radius 3 is 2.75 bits per heavy atom. The Morgan fingerprint density at radius 2 is 2.38 bits per heavy atom. The van der Waals surface area contributed by atoms with Gasteiger partial charge in [0.2, 0.25) is 0 Å². The summed E-state index contributed by atoms with van der Waals surface area (Å²) in [5, 5.41) is 8.73. The summed E-state index contributed by atoms with van der Waals surface area (Å²) in [6.07, 6.45) is -0.503. The van der Waals surface area contributed by atoms with Crippen molar-refractivity contribution in [3.63, 3.8) is 0 Å². The third-order valence-corrected chi connectivity index (χ3v) is 1.05. The molecular formula is C5H11ClO2. The minimum atomic E-state index is -0.503. The minimum absolute atomic E-state index is 0.250. The molecule has 1 atom stereocenters. The maximum Gasteiger partial charge on any atom is 0.0908 e. The summed E-state index contributed by atoms with van der Waals surface area (Å²) in [4.78, 5) is 0. The molecule has 0 radical (unpaired) electrons. The van der Waals surface area contributed by atoms with Crippen LogP contribution in [0.25, 0.3) is 0 Å². The molecule has 0 spiro atoms. The quantitative estimate of drug-likeness (QED) is 0.578. The van der Waals surface area contributed by atoms with Crippen LogP contribution in [0.1, 0.15) is 6.92 Å². The van der Waals surface area contributed by atoms with Gasteiger partial charge in [-0.15, -0.1) is 11.6 Å². The molecule has 0 aromatic rings. The van der Waals surface area contributed by atoms with E-state index in [2.05, 4.69) is 0 Å². The molecule has 0 rings (SSSR count). The fourth-order valence-corrected chi connectivity index (χ4v) is 0.388. The molecule has 8 heavy (non-hydrogen) atoms. The molecule has 0 aromatic heterocycles. The van der Waals surface area contributed by atoms with Gasteiger partial charge in [0, 0.05) is 6.61 Å². The first kappa shape index (κ1) is 8.21. The summed E-state index contributed by atoms with van der Waals surface area (Å²) < 4.78 is 4.85. The predicted octanol–water partition coefficient (Wildman–Crippen LogP) is 0.623. The van der Waals surface area contributed by atoms with E-state index >= 15 is 0 Å². The smallest absolute Gasteiger partial charge is 0.0908 e. The molecule has 0 unspecified atom stereocenters. The standard InChI is InChI=1S/C5H11ClO2/c1-2-8-4-5(7)3-6/h5,7H,2-4H2,1H3/t5-/m0/s1. The summed E-state index contributed by atoms with van der Waals surface area (Å²) in [7, 11) is 0. The number of ether oxygens (including phenoxy) is 1. The first-order valence-corrected chi connectivity index (χ1v) is 3.16. The van der Waals surface area contributed by atoms with Crippen LogP contribution in [0.5, 0.6) is 0 Å². The molecule has 0 aliphatic carbocycles. The molecule has 0 fully saturated rings. The number of halogens is 1. The lowest BCUT2D eigenvalue weighted by Crippen LogP contribution is -2.16. The molecular weight excluding hydrogens is 128 g/mol. The molecule has 0 saturated carbocycles. The molecule has 0 saturated heterocycles. The van der Waals surface area contributed by atoms with Gasteiger partial charge in [0.05, 0.1) is 18.6 Å². The van der Waals surface area contributed by atoms with Gasteiger partial charge in [0.1, 0.15) is 0 Å². The summed E-state index contributed by atoms with van der Waals surface area (Å²) in [6.45, 7) is 2.86. The average Bonchev–Trinajstić information content (AvgIpc) is 1.83.